The predicted molar refractivity (Wildman–Crippen MR) is 93.3 cm³/mol. The van der Waals surface area contributed by atoms with E-state index >= 15 is 0 Å². The molecule has 6 nitrogen and oxygen atoms in total. The van der Waals surface area contributed by atoms with Gasteiger partial charge in [-0.3, -0.25) is 9.59 Å². The summed E-state index contributed by atoms with van der Waals surface area (Å²) in [5.41, 5.74) is 3.48. The lowest BCUT2D eigenvalue weighted by atomic mass is 9.94. The van der Waals surface area contributed by atoms with Crippen LogP contribution in [0.15, 0.2) is 28.8 Å². The second-order valence-electron chi connectivity index (χ2n) is 6.42. The Morgan fingerprint density at radius 1 is 1.20 bits per heavy atom. The van der Waals surface area contributed by atoms with Crippen LogP contribution in [0.2, 0.25) is 0 Å². The normalized spacial score (nSPS) is 13.3. The number of aliphatic carboxylic acids is 1. The Balaban J connectivity index is 2.12. The summed E-state index contributed by atoms with van der Waals surface area (Å²) in [6, 6.07) is 6.93. The first kappa shape index (κ1) is 18.7. The number of nitrogens with one attached hydrogen (secondary N) is 1. The number of carbonyl (C=O) groups excluding carboxylic acids is 1. The molecule has 0 saturated carbocycles. The molecule has 0 aliphatic carbocycles. The summed E-state index contributed by atoms with van der Waals surface area (Å²) in [5, 5.41) is 16.0. The second kappa shape index (κ2) is 7.96. The van der Waals surface area contributed by atoms with Gasteiger partial charge in [0.1, 0.15) is 5.76 Å². The molecule has 0 saturated heterocycles. The number of nitrogens with zero attached hydrogens (tertiary/aromatic N) is 1. The minimum Gasteiger partial charge on any atom is -0.481 e. The molecular weight excluding hydrogens is 320 g/mol. The molecule has 1 aromatic carbocycles. The molecule has 2 aromatic rings. The van der Waals surface area contributed by atoms with E-state index in [0.717, 1.165) is 22.4 Å². The van der Waals surface area contributed by atoms with E-state index in [9.17, 15) is 14.7 Å². The Bertz CT molecular complexity index is 747. The first-order chi connectivity index (χ1) is 11.8. The molecule has 0 radical (unpaired) electrons. The van der Waals surface area contributed by atoms with Crippen molar-refractivity contribution in [3.8, 4) is 0 Å². The number of aromatic nitrogens is 1. The lowest BCUT2D eigenvalue weighted by Crippen LogP contribution is -2.31. The van der Waals surface area contributed by atoms with Gasteiger partial charge in [-0.05, 0) is 37.8 Å². The number of amides is 1. The van der Waals surface area contributed by atoms with Crippen LogP contribution in [-0.4, -0.2) is 22.1 Å². The molecule has 0 bridgehead atoms. The number of aryl methyl sites for hydroxylation is 3. The van der Waals surface area contributed by atoms with E-state index in [1.165, 1.54) is 0 Å². The highest BCUT2D eigenvalue weighted by molar-refractivity contribution is 5.78. The van der Waals surface area contributed by atoms with Crippen LogP contribution in [0, 0.1) is 20.8 Å². The number of carbonyl (C=O) groups is 2. The van der Waals surface area contributed by atoms with Gasteiger partial charge in [-0.15, -0.1) is 0 Å². The molecule has 0 spiro atoms. The highest BCUT2D eigenvalue weighted by atomic mass is 16.5. The van der Waals surface area contributed by atoms with Gasteiger partial charge >= 0.3 is 5.97 Å². The summed E-state index contributed by atoms with van der Waals surface area (Å²) in [4.78, 5) is 23.7. The van der Waals surface area contributed by atoms with Crippen molar-refractivity contribution >= 4 is 11.9 Å². The SMILES string of the molecule is Cc1ccccc1C(CC(=O)O)NC(=O)CC(C)c1c(C)noc1C. The monoisotopic (exact) mass is 344 g/mol. The van der Waals surface area contributed by atoms with E-state index < -0.39 is 12.0 Å². The zero-order valence-electron chi connectivity index (χ0n) is 15.0. The molecule has 1 aromatic heterocycles. The fourth-order valence-corrected chi connectivity index (χ4v) is 3.22. The molecule has 1 heterocycles. The molecule has 0 aliphatic heterocycles. The number of rotatable bonds is 7. The number of carboxylic acids is 1. The highest BCUT2D eigenvalue weighted by Gasteiger charge is 2.23. The van der Waals surface area contributed by atoms with Crippen molar-refractivity contribution in [1.29, 1.82) is 0 Å². The van der Waals surface area contributed by atoms with E-state index in [4.69, 9.17) is 4.52 Å². The third kappa shape index (κ3) is 4.68. The molecule has 2 rings (SSSR count). The average molecular weight is 344 g/mol. The molecule has 0 aliphatic rings. The van der Waals surface area contributed by atoms with E-state index in [0.29, 0.717) is 5.76 Å². The fraction of sp³-hybridized carbons (Fsp3) is 0.421. The maximum atomic E-state index is 12.5. The highest BCUT2D eigenvalue weighted by Crippen LogP contribution is 2.27. The first-order valence-corrected chi connectivity index (χ1v) is 8.29. The Morgan fingerprint density at radius 2 is 1.88 bits per heavy atom. The van der Waals surface area contributed by atoms with Crippen molar-refractivity contribution in [2.24, 2.45) is 0 Å². The van der Waals surface area contributed by atoms with Crippen LogP contribution in [0.1, 0.15) is 59.9 Å². The maximum Gasteiger partial charge on any atom is 0.305 e. The number of carboxylic acid groups (broad SMARTS) is 1. The molecule has 1 amide bonds. The molecular formula is C19H24N2O4. The zero-order chi connectivity index (χ0) is 18.6. The zero-order valence-corrected chi connectivity index (χ0v) is 15.0. The first-order valence-electron chi connectivity index (χ1n) is 8.29. The molecule has 6 heteroatoms. The minimum atomic E-state index is -0.952. The number of hydrogen-bond donors (Lipinski definition) is 2. The van der Waals surface area contributed by atoms with Gasteiger partial charge in [-0.25, -0.2) is 0 Å². The molecule has 0 fully saturated rings. The van der Waals surface area contributed by atoms with Crippen LogP contribution in [0.4, 0.5) is 0 Å². The second-order valence-corrected chi connectivity index (χ2v) is 6.42. The molecule has 25 heavy (non-hydrogen) atoms. The van der Waals surface area contributed by atoms with Crippen LogP contribution in [-0.2, 0) is 9.59 Å². The van der Waals surface area contributed by atoms with E-state index in [1.54, 1.807) is 0 Å². The lowest BCUT2D eigenvalue weighted by Gasteiger charge is -2.20. The lowest BCUT2D eigenvalue weighted by molar-refractivity contribution is -0.137. The van der Waals surface area contributed by atoms with Crippen LogP contribution in [0.5, 0.6) is 0 Å². The standard InChI is InChI=1S/C19H24N2O4/c1-11-7-5-6-8-15(11)16(10-18(23)24)20-17(22)9-12(2)19-13(3)21-25-14(19)4/h5-8,12,16H,9-10H2,1-4H3,(H,20,22)(H,23,24). The maximum absolute atomic E-state index is 12.5. The summed E-state index contributed by atoms with van der Waals surface area (Å²) in [6.07, 6.45) is 0.0845. The molecule has 134 valence electrons. The smallest absolute Gasteiger partial charge is 0.305 e. The number of benzene rings is 1. The minimum absolute atomic E-state index is 0.0615. The number of hydrogen-bond acceptors (Lipinski definition) is 4. The van der Waals surface area contributed by atoms with Crippen molar-refractivity contribution < 1.29 is 19.2 Å². The Hall–Kier alpha value is -2.63. The summed E-state index contributed by atoms with van der Waals surface area (Å²) in [6.45, 7) is 7.51. The van der Waals surface area contributed by atoms with Crippen LogP contribution in [0.25, 0.3) is 0 Å². The van der Waals surface area contributed by atoms with E-state index in [1.807, 2.05) is 52.0 Å². The van der Waals surface area contributed by atoms with Gasteiger partial charge < -0.3 is 14.9 Å². The topological polar surface area (TPSA) is 92.4 Å². The average Bonchev–Trinajstić information content (AvgIpc) is 2.85. The summed E-state index contributed by atoms with van der Waals surface area (Å²) < 4.78 is 5.16. The Kier molecular flexibility index (Phi) is 5.96. The summed E-state index contributed by atoms with van der Waals surface area (Å²) in [5.74, 6) is -0.498. The molecule has 2 atom stereocenters. The van der Waals surface area contributed by atoms with E-state index in [2.05, 4.69) is 10.5 Å². The fourth-order valence-electron chi connectivity index (χ4n) is 3.22. The van der Waals surface area contributed by atoms with Gasteiger partial charge in [0.25, 0.3) is 0 Å². The van der Waals surface area contributed by atoms with Crippen molar-refractivity contribution in [1.82, 2.24) is 10.5 Å². The quantitative estimate of drug-likeness (QED) is 0.803. The van der Waals surface area contributed by atoms with Gasteiger partial charge in [-0.1, -0.05) is 36.3 Å². The van der Waals surface area contributed by atoms with Gasteiger partial charge in [-0.2, -0.15) is 0 Å². The van der Waals surface area contributed by atoms with Crippen LogP contribution in [0.3, 0.4) is 0 Å². The van der Waals surface area contributed by atoms with Crippen molar-refractivity contribution in [2.45, 2.75) is 52.5 Å². The van der Waals surface area contributed by atoms with Crippen LogP contribution < -0.4 is 5.32 Å². The Labute approximate surface area is 147 Å². The van der Waals surface area contributed by atoms with Crippen molar-refractivity contribution in [3.05, 3.63) is 52.4 Å². The van der Waals surface area contributed by atoms with Gasteiger partial charge in [0.2, 0.25) is 5.91 Å². The third-order valence-corrected chi connectivity index (χ3v) is 4.35. The third-order valence-electron chi connectivity index (χ3n) is 4.35. The summed E-state index contributed by atoms with van der Waals surface area (Å²) >= 11 is 0. The van der Waals surface area contributed by atoms with Gasteiger partial charge in [0.15, 0.2) is 0 Å². The summed E-state index contributed by atoms with van der Waals surface area (Å²) in [7, 11) is 0. The largest absolute Gasteiger partial charge is 0.481 e. The van der Waals surface area contributed by atoms with E-state index in [-0.39, 0.29) is 24.7 Å². The van der Waals surface area contributed by atoms with Crippen molar-refractivity contribution in [3.63, 3.8) is 0 Å². The predicted octanol–water partition coefficient (Wildman–Crippen LogP) is 3.43. The van der Waals surface area contributed by atoms with Gasteiger partial charge in [0, 0.05) is 12.0 Å². The van der Waals surface area contributed by atoms with Gasteiger partial charge in [0.05, 0.1) is 18.2 Å². The van der Waals surface area contributed by atoms with Crippen molar-refractivity contribution in [2.75, 3.05) is 0 Å². The van der Waals surface area contributed by atoms with Crippen LogP contribution >= 0.6 is 0 Å². The Morgan fingerprint density at radius 3 is 2.44 bits per heavy atom. The molecule has 2 unspecified atom stereocenters. The molecule has 2 N–H and O–H groups in total.